The third-order valence-corrected chi connectivity index (χ3v) is 13.3. The zero-order chi connectivity index (χ0) is 42.2. The summed E-state index contributed by atoms with van der Waals surface area (Å²) in [5, 5.41) is 4.13. The van der Waals surface area contributed by atoms with Gasteiger partial charge in [-0.2, -0.15) is 0 Å². The molecule has 1 aliphatic rings. The summed E-state index contributed by atoms with van der Waals surface area (Å²) in [4.78, 5) is 2.41. The van der Waals surface area contributed by atoms with E-state index in [1.54, 1.807) is 0 Å². The highest BCUT2D eigenvalue weighted by Gasteiger charge is 2.46. The summed E-state index contributed by atoms with van der Waals surface area (Å²) in [5.41, 5.74) is 18.0. The Bertz CT molecular complexity index is 3660. The number of fused-ring (bicyclic) bond motifs is 9. The molecule has 0 unspecified atom stereocenters. The first-order valence-electron chi connectivity index (χ1n) is 21.9. The first-order valence-corrected chi connectivity index (χ1v) is 21.9. The van der Waals surface area contributed by atoms with Gasteiger partial charge in [0.15, 0.2) is 0 Å². The van der Waals surface area contributed by atoms with E-state index >= 15 is 0 Å². The van der Waals surface area contributed by atoms with Crippen molar-refractivity contribution >= 4 is 60.9 Å². The SMILES string of the molecule is c1ccc(-c2ccc(N(c3ccc4c(c3)C(c3ccccc3)(c3ccccc3)c3ccccc3-4)c3cccc4oc5cc6c(cc5c34)oc3cc(-c4ccccc4)ccc36)cc2)cc1. The summed E-state index contributed by atoms with van der Waals surface area (Å²) in [6.07, 6.45) is 0. The van der Waals surface area contributed by atoms with Gasteiger partial charge in [0.25, 0.3) is 0 Å². The number of benzene rings is 10. The molecular weight excluding hydrogens is 779 g/mol. The number of nitrogens with zero attached hydrogens (tertiary/aromatic N) is 1. The molecule has 10 aromatic carbocycles. The second-order valence-electron chi connectivity index (χ2n) is 16.8. The van der Waals surface area contributed by atoms with Crippen molar-refractivity contribution in [3.63, 3.8) is 0 Å². The van der Waals surface area contributed by atoms with Crippen LogP contribution in [-0.4, -0.2) is 0 Å². The molecule has 2 aromatic heterocycles. The lowest BCUT2D eigenvalue weighted by molar-refractivity contribution is 0.664. The van der Waals surface area contributed by atoms with E-state index in [-0.39, 0.29) is 0 Å². The van der Waals surface area contributed by atoms with Crippen molar-refractivity contribution in [2.75, 3.05) is 4.90 Å². The molecule has 0 atom stereocenters. The summed E-state index contributed by atoms with van der Waals surface area (Å²) < 4.78 is 13.5. The monoisotopic (exact) mass is 817 g/mol. The molecule has 3 heteroatoms. The molecular formula is C61H39NO2. The van der Waals surface area contributed by atoms with Gasteiger partial charge in [0, 0.05) is 27.5 Å². The van der Waals surface area contributed by atoms with Crippen LogP contribution in [-0.2, 0) is 5.41 Å². The largest absolute Gasteiger partial charge is 0.456 e. The number of hydrogen-bond acceptors (Lipinski definition) is 3. The van der Waals surface area contributed by atoms with Crippen molar-refractivity contribution in [2.24, 2.45) is 0 Å². The van der Waals surface area contributed by atoms with Crippen LogP contribution in [0.4, 0.5) is 17.1 Å². The molecule has 0 spiro atoms. The second-order valence-corrected chi connectivity index (χ2v) is 16.8. The highest BCUT2D eigenvalue weighted by atomic mass is 16.3. The Kier molecular flexibility index (Phi) is 8.13. The topological polar surface area (TPSA) is 29.5 Å². The van der Waals surface area contributed by atoms with E-state index in [4.69, 9.17) is 8.83 Å². The fourth-order valence-corrected chi connectivity index (χ4v) is 10.5. The van der Waals surface area contributed by atoms with E-state index in [1.165, 1.54) is 38.9 Å². The fourth-order valence-electron chi connectivity index (χ4n) is 10.5. The summed E-state index contributed by atoms with van der Waals surface area (Å²) in [6, 6.07) is 85.2. The quantitative estimate of drug-likeness (QED) is 0.160. The van der Waals surface area contributed by atoms with E-state index in [1.807, 2.05) is 6.07 Å². The standard InChI is InChI=1S/C61H39NO2/c1-5-16-40(17-6-1)42-28-31-46(32-29-42)62(47-33-35-49-48-24-13-14-25-53(48)61(54(49)37-47,44-20-9-3-10-21-44)45-22-11-4-12-23-45)55-26-15-27-56-60(55)52-39-58-51(38-59(52)63-56)50-34-30-43(36-57(50)64-58)41-18-7-2-8-19-41/h1-39H. The van der Waals surface area contributed by atoms with Gasteiger partial charge >= 0.3 is 0 Å². The molecule has 0 radical (unpaired) electrons. The van der Waals surface area contributed by atoms with E-state index in [9.17, 15) is 0 Å². The summed E-state index contributed by atoms with van der Waals surface area (Å²) in [7, 11) is 0. The van der Waals surface area contributed by atoms with Crippen LogP contribution in [0.25, 0.3) is 77.3 Å². The molecule has 13 rings (SSSR count). The van der Waals surface area contributed by atoms with Gasteiger partial charge in [-0.1, -0.05) is 176 Å². The minimum Gasteiger partial charge on any atom is -0.456 e. The Morgan fingerprint density at radius 1 is 0.312 bits per heavy atom. The Balaban J connectivity index is 1.05. The van der Waals surface area contributed by atoms with Crippen LogP contribution >= 0.6 is 0 Å². The number of hydrogen-bond donors (Lipinski definition) is 0. The normalized spacial score (nSPS) is 12.8. The van der Waals surface area contributed by atoms with Crippen molar-refractivity contribution in [1.82, 2.24) is 0 Å². The van der Waals surface area contributed by atoms with Crippen LogP contribution in [0.15, 0.2) is 245 Å². The molecule has 0 amide bonds. The third-order valence-electron chi connectivity index (χ3n) is 13.3. The Labute approximate surface area is 370 Å². The summed E-state index contributed by atoms with van der Waals surface area (Å²) >= 11 is 0. The third kappa shape index (κ3) is 5.47. The molecule has 2 heterocycles. The minimum atomic E-state index is -0.547. The second kappa shape index (κ2) is 14.3. The summed E-state index contributed by atoms with van der Waals surface area (Å²) in [5.74, 6) is 0. The van der Waals surface area contributed by atoms with Crippen molar-refractivity contribution in [3.8, 4) is 33.4 Å². The number of rotatable bonds is 7. The zero-order valence-corrected chi connectivity index (χ0v) is 34.8. The van der Waals surface area contributed by atoms with Crippen LogP contribution in [0.3, 0.4) is 0 Å². The zero-order valence-electron chi connectivity index (χ0n) is 34.8. The summed E-state index contributed by atoms with van der Waals surface area (Å²) in [6.45, 7) is 0. The maximum Gasteiger partial charge on any atom is 0.137 e. The van der Waals surface area contributed by atoms with E-state index in [0.717, 1.165) is 77.6 Å². The van der Waals surface area contributed by atoms with Gasteiger partial charge < -0.3 is 13.7 Å². The molecule has 0 saturated carbocycles. The molecule has 0 saturated heterocycles. The predicted molar refractivity (Wildman–Crippen MR) is 264 cm³/mol. The van der Waals surface area contributed by atoms with E-state index < -0.39 is 5.41 Å². The highest BCUT2D eigenvalue weighted by Crippen LogP contribution is 2.57. The Hall–Kier alpha value is -8.40. The van der Waals surface area contributed by atoms with Gasteiger partial charge in [0.2, 0.25) is 0 Å². The minimum absolute atomic E-state index is 0.547. The molecule has 12 aromatic rings. The average Bonchev–Trinajstić information content (AvgIpc) is 4.02. The van der Waals surface area contributed by atoms with Crippen LogP contribution in [0.5, 0.6) is 0 Å². The Morgan fingerprint density at radius 3 is 1.56 bits per heavy atom. The molecule has 64 heavy (non-hydrogen) atoms. The van der Waals surface area contributed by atoms with Crippen LogP contribution in [0.2, 0.25) is 0 Å². The number of anilines is 3. The lowest BCUT2D eigenvalue weighted by Crippen LogP contribution is -2.28. The number of furan rings is 2. The van der Waals surface area contributed by atoms with E-state index in [0.29, 0.717) is 0 Å². The average molecular weight is 818 g/mol. The molecule has 1 aliphatic carbocycles. The maximum absolute atomic E-state index is 6.81. The molecule has 0 fully saturated rings. The van der Waals surface area contributed by atoms with Gasteiger partial charge in [-0.25, -0.2) is 0 Å². The molecule has 0 N–H and O–H groups in total. The fraction of sp³-hybridized carbons (Fsp3) is 0.0164. The molecule has 300 valence electrons. The van der Waals surface area contributed by atoms with Crippen molar-refractivity contribution in [3.05, 3.63) is 259 Å². The van der Waals surface area contributed by atoms with Crippen molar-refractivity contribution in [1.29, 1.82) is 0 Å². The van der Waals surface area contributed by atoms with Gasteiger partial charge in [-0.05, 0) is 116 Å². The lowest BCUT2D eigenvalue weighted by atomic mass is 9.67. The highest BCUT2D eigenvalue weighted by molar-refractivity contribution is 6.19. The van der Waals surface area contributed by atoms with Crippen LogP contribution in [0, 0.1) is 0 Å². The molecule has 3 nitrogen and oxygen atoms in total. The van der Waals surface area contributed by atoms with Gasteiger partial charge in [-0.3, -0.25) is 0 Å². The van der Waals surface area contributed by atoms with Crippen LogP contribution in [0.1, 0.15) is 22.3 Å². The van der Waals surface area contributed by atoms with Crippen molar-refractivity contribution < 1.29 is 8.83 Å². The van der Waals surface area contributed by atoms with Crippen LogP contribution < -0.4 is 4.90 Å². The smallest absolute Gasteiger partial charge is 0.137 e. The molecule has 0 aliphatic heterocycles. The first kappa shape index (κ1) is 36.3. The van der Waals surface area contributed by atoms with E-state index in [2.05, 4.69) is 235 Å². The maximum atomic E-state index is 6.81. The Morgan fingerprint density at radius 2 is 0.844 bits per heavy atom. The van der Waals surface area contributed by atoms with Gasteiger partial charge in [0.05, 0.1) is 16.5 Å². The van der Waals surface area contributed by atoms with Crippen molar-refractivity contribution in [2.45, 2.75) is 5.41 Å². The van der Waals surface area contributed by atoms with Gasteiger partial charge in [-0.15, -0.1) is 0 Å². The van der Waals surface area contributed by atoms with Gasteiger partial charge in [0.1, 0.15) is 22.3 Å². The predicted octanol–water partition coefficient (Wildman–Crippen LogP) is 16.7. The molecule has 0 bridgehead atoms. The first-order chi connectivity index (χ1) is 31.7. The lowest BCUT2D eigenvalue weighted by Gasteiger charge is -2.35.